The van der Waals surface area contributed by atoms with E-state index in [0.717, 1.165) is 25.2 Å². The van der Waals surface area contributed by atoms with Crippen molar-refractivity contribution in [3.8, 4) is 0 Å². The van der Waals surface area contributed by atoms with Crippen molar-refractivity contribution in [3.63, 3.8) is 0 Å². The predicted molar refractivity (Wildman–Crippen MR) is 106 cm³/mol. The van der Waals surface area contributed by atoms with Gasteiger partial charge in [-0.25, -0.2) is 0 Å². The maximum atomic E-state index is 12.8. The summed E-state index contributed by atoms with van der Waals surface area (Å²) < 4.78 is 44.2. The summed E-state index contributed by atoms with van der Waals surface area (Å²) in [5, 5.41) is 6.53. The summed E-state index contributed by atoms with van der Waals surface area (Å²) in [6.07, 6.45) is -3.04. The van der Waals surface area contributed by atoms with Gasteiger partial charge in [0.25, 0.3) is 0 Å². The van der Waals surface area contributed by atoms with Crippen LogP contribution in [-0.2, 0) is 17.5 Å². The van der Waals surface area contributed by atoms with Gasteiger partial charge in [-0.1, -0.05) is 26.0 Å². The Morgan fingerprint density at radius 1 is 1.35 bits per heavy atom. The van der Waals surface area contributed by atoms with Gasteiger partial charge in [0.2, 0.25) is 0 Å². The third-order valence-electron chi connectivity index (χ3n) is 5.33. The monoisotopic (exact) mass is 483 g/mol. The Labute approximate surface area is 169 Å². The standard InChI is InChI=1S/C18H24F3N3O.HI/c1-17(2)14(13-7-8-25-15(13)17)24-16(22-3)23-10-11-5-4-6-12(9-11)18(19,20)21;/h4-6,9,13-15H,7-8,10H2,1-3H3,(H2,22,23,24);1H. The van der Waals surface area contributed by atoms with Crippen LogP contribution < -0.4 is 10.6 Å². The molecule has 3 atom stereocenters. The summed E-state index contributed by atoms with van der Waals surface area (Å²) in [5.74, 6) is 1.06. The number of halogens is 4. The highest BCUT2D eigenvalue weighted by Gasteiger charge is 2.59. The van der Waals surface area contributed by atoms with Crippen molar-refractivity contribution < 1.29 is 17.9 Å². The molecule has 8 heteroatoms. The number of nitrogens with zero attached hydrogens (tertiary/aromatic N) is 1. The Kier molecular flexibility index (Phi) is 6.48. The van der Waals surface area contributed by atoms with Crippen molar-refractivity contribution in [1.82, 2.24) is 10.6 Å². The molecule has 3 unspecified atom stereocenters. The van der Waals surface area contributed by atoms with E-state index in [4.69, 9.17) is 4.74 Å². The number of benzene rings is 1. The van der Waals surface area contributed by atoms with Gasteiger partial charge in [-0.3, -0.25) is 4.99 Å². The Balaban J connectivity index is 0.00000243. The largest absolute Gasteiger partial charge is 0.416 e. The molecule has 1 saturated carbocycles. The van der Waals surface area contributed by atoms with Crippen LogP contribution in [0.3, 0.4) is 0 Å². The molecule has 1 saturated heterocycles. The fourth-order valence-corrected chi connectivity index (χ4v) is 4.00. The van der Waals surface area contributed by atoms with Crippen LogP contribution in [0.1, 0.15) is 31.4 Å². The first kappa shape index (κ1) is 21.3. The zero-order valence-corrected chi connectivity index (χ0v) is 17.4. The lowest BCUT2D eigenvalue weighted by Gasteiger charge is -2.54. The molecule has 4 nitrogen and oxygen atoms in total. The molecule has 26 heavy (non-hydrogen) atoms. The van der Waals surface area contributed by atoms with Gasteiger partial charge >= 0.3 is 6.18 Å². The minimum atomic E-state index is -4.33. The Hall–Kier alpha value is -1.03. The molecule has 0 radical (unpaired) electrons. The van der Waals surface area contributed by atoms with Crippen LogP contribution in [0, 0.1) is 11.3 Å². The molecule has 0 amide bonds. The lowest BCUT2D eigenvalue weighted by atomic mass is 9.57. The Morgan fingerprint density at radius 3 is 2.73 bits per heavy atom. The van der Waals surface area contributed by atoms with E-state index >= 15 is 0 Å². The highest BCUT2D eigenvalue weighted by molar-refractivity contribution is 14.0. The smallest absolute Gasteiger partial charge is 0.377 e. The zero-order valence-electron chi connectivity index (χ0n) is 15.1. The number of guanidine groups is 1. The van der Waals surface area contributed by atoms with Gasteiger partial charge in [0.1, 0.15) is 0 Å². The number of alkyl halides is 3. The minimum Gasteiger partial charge on any atom is -0.377 e. The van der Waals surface area contributed by atoms with Gasteiger partial charge in [0, 0.05) is 37.6 Å². The molecule has 1 aromatic rings. The van der Waals surface area contributed by atoms with Gasteiger partial charge < -0.3 is 15.4 Å². The molecule has 0 spiro atoms. The maximum Gasteiger partial charge on any atom is 0.416 e. The molecular weight excluding hydrogens is 458 g/mol. The third-order valence-corrected chi connectivity index (χ3v) is 5.33. The third kappa shape index (κ3) is 4.11. The Bertz CT molecular complexity index is 663. The number of aliphatic imine (C=N–C) groups is 1. The average molecular weight is 483 g/mol. The van der Waals surface area contributed by atoms with Crippen molar-refractivity contribution in [2.45, 2.75) is 45.1 Å². The molecule has 2 aliphatic rings. The number of nitrogens with one attached hydrogen (secondary N) is 2. The van der Waals surface area contributed by atoms with E-state index < -0.39 is 11.7 Å². The lowest BCUT2D eigenvalue weighted by Crippen LogP contribution is -2.67. The van der Waals surface area contributed by atoms with E-state index in [-0.39, 0.29) is 48.1 Å². The van der Waals surface area contributed by atoms with Crippen LogP contribution >= 0.6 is 24.0 Å². The van der Waals surface area contributed by atoms with Crippen LogP contribution in [-0.4, -0.2) is 31.8 Å². The molecule has 2 fully saturated rings. The van der Waals surface area contributed by atoms with Gasteiger partial charge in [0.05, 0.1) is 11.7 Å². The first-order chi connectivity index (χ1) is 11.7. The summed E-state index contributed by atoms with van der Waals surface area (Å²) in [7, 11) is 1.66. The molecular formula is C18H25F3IN3O. The highest BCUT2D eigenvalue weighted by Crippen LogP contribution is 2.52. The molecule has 1 aliphatic carbocycles. The van der Waals surface area contributed by atoms with E-state index in [2.05, 4.69) is 29.5 Å². The van der Waals surface area contributed by atoms with Gasteiger partial charge in [-0.2, -0.15) is 13.2 Å². The van der Waals surface area contributed by atoms with E-state index in [9.17, 15) is 13.2 Å². The van der Waals surface area contributed by atoms with Crippen molar-refractivity contribution in [2.24, 2.45) is 16.3 Å². The minimum absolute atomic E-state index is 0. The van der Waals surface area contributed by atoms with E-state index in [1.54, 1.807) is 13.1 Å². The molecule has 3 rings (SSSR count). The summed E-state index contributed by atoms with van der Waals surface area (Å²) in [5.41, 5.74) is -0.0665. The molecule has 1 aromatic carbocycles. The topological polar surface area (TPSA) is 45.7 Å². The summed E-state index contributed by atoms with van der Waals surface area (Å²) in [6.45, 7) is 5.39. The lowest BCUT2D eigenvalue weighted by molar-refractivity contribution is -0.137. The first-order valence-corrected chi connectivity index (χ1v) is 8.48. The number of rotatable bonds is 3. The van der Waals surface area contributed by atoms with Crippen molar-refractivity contribution in [2.75, 3.05) is 13.7 Å². The van der Waals surface area contributed by atoms with Gasteiger partial charge in [-0.15, -0.1) is 24.0 Å². The average Bonchev–Trinajstić information content (AvgIpc) is 3.01. The number of hydrogen-bond acceptors (Lipinski definition) is 2. The Morgan fingerprint density at radius 2 is 2.08 bits per heavy atom. The van der Waals surface area contributed by atoms with Crippen LogP contribution in [0.5, 0.6) is 0 Å². The summed E-state index contributed by atoms with van der Waals surface area (Å²) >= 11 is 0. The number of ether oxygens (including phenoxy) is 1. The van der Waals surface area contributed by atoms with Crippen LogP contribution in [0.15, 0.2) is 29.3 Å². The van der Waals surface area contributed by atoms with E-state index in [1.165, 1.54) is 6.07 Å². The second-order valence-electron chi connectivity index (χ2n) is 7.31. The fourth-order valence-electron chi connectivity index (χ4n) is 4.00. The second kappa shape index (κ2) is 7.92. The van der Waals surface area contributed by atoms with E-state index in [0.29, 0.717) is 17.4 Å². The van der Waals surface area contributed by atoms with Crippen LogP contribution in [0.4, 0.5) is 13.2 Å². The van der Waals surface area contributed by atoms with Crippen LogP contribution in [0.2, 0.25) is 0 Å². The summed E-state index contributed by atoms with van der Waals surface area (Å²) in [4.78, 5) is 4.21. The van der Waals surface area contributed by atoms with Crippen molar-refractivity contribution in [3.05, 3.63) is 35.4 Å². The number of hydrogen-bond donors (Lipinski definition) is 2. The normalized spacial score (nSPS) is 27.2. The highest BCUT2D eigenvalue weighted by atomic mass is 127. The SMILES string of the molecule is CN=C(NCc1cccc(C(F)(F)F)c1)NC1C2CCOC2C1(C)C.I. The van der Waals surface area contributed by atoms with Crippen molar-refractivity contribution >= 4 is 29.9 Å². The molecule has 1 heterocycles. The fraction of sp³-hybridized carbons (Fsp3) is 0.611. The molecule has 1 aliphatic heterocycles. The van der Waals surface area contributed by atoms with Crippen molar-refractivity contribution in [1.29, 1.82) is 0 Å². The predicted octanol–water partition coefficient (Wildman–Crippen LogP) is 3.80. The molecule has 2 N–H and O–H groups in total. The second-order valence-corrected chi connectivity index (χ2v) is 7.31. The van der Waals surface area contributed by atoms with Gasteiger partial charge in [-0.05, 0) is 24.1 Å². The zero-order chi connectivity index (χ0) is 18.2. The molecule has 146 valence electrons. The van der Waals surface area contributed by atoms with Crippen LogP contribution in [0.25, 0.3) is 0 Å². The maximum absolute atomic E-state index is 12.8. The quantitative estimate of drug-likeness (QED) is 0.391. The van der Waals surface area contributed by atoms with E-state index in [1.807, 2.05) is 0 Å². The summed E-state index contributed by atoms with van der Waals surface area (Å²) in [6, 6.07) is 5.57. The molecule has 0 bridgehead atoms. The first-order valence-electron chi connectivity index (χ1n) is 8.48. The molecule has 0 aromatic heterocycles. The number of fused-ring (bicyclic) bond motifs is 1. The van der Waals surface area contributed by atoms with Gasteiger partial charge in [0.15, 0.2) is 5.96 Å².